The van der Waals surface area contributed by atoms with Gasteiger partial charge in [-0.25, -0.2) is 0 Å². The highest BCUT2D eigenvalue weighted by atomic mass is 14.3. The zero-order valence-corrected chi connectivity index (χ0v) is 27.7. The van der Waals surface area contributed by atoms with E-state index < -0.39 is 0 Å². The third-order valence-corrected chi connectivity index (χ3v) is 11.4. The van der Waals surface area contributed by atoms with Crippen LogP contribution >= 0.6 is 0 Å². The fourth-order valence-corrected chi connectivity index (χ4v) is 8.73. The molecule has 1 aliphatic rings. The van der Waals surface area contributed by atoms with E-state index in [4.69, 9.17) is 0 Å². The van der Waals surface area contributed by atoms with E-state index in [0.29, 0.717) is 5.92 Å². The molecule has 0 nitrogen and oxygen atoms in total. The third kappa shape index (κ3) is 4.37. The van der Waals surface area contributed by atoms with Gasteiger partial charge in [0.25, 0.3) is 0 Å². The maximum atomic E-state index is 2.39. The zero-order valence-electron chi connectivity index (χ0n) is 27.7. The number of fused-ring (bicyclic) bond motifs is 9. The van der Waals surface area contributed by atoms with Crippen molar-refractivity contribution in [2.45, 2.75) is 32.1 Å². The third-order valence-electron chi connectivity index (χ3n) is 11.4. The first-order chi connectivity index (χ1) is 24.2. The summed E-state index contributed by atoms with van der Waals surface area (Å²) in [5.41, 5.74) is 10.7. The number of benzene rings is 9. The molecule has 0 saturated heterocycles. The summed E-state index contributed by atoms with van der Waals surface area (Å²) in [6.07, 6.45) is 3.87. The van der Waals surface area contributed by atoms with Gasteiger partial charge in [0.05, 0.1) is 0 Å². The van der Waals surface area contributed by atoms with E-state index in [1.54, 1.807) is 5.56 Å². The minimum absolute atomic E-state index is 0.615. The molecular weight excluding hydrogens is 589 g/mol. The molecule has 0 radical (unpaired) electrons. The monoisotopic (exact) mass is 624 g/mol. The lowest BCUT2D eigenvalue weighted by Gasteiger charge is -2.31. The van der Waals surface area contributed by atoms with Crippen molar-refractivity contribution in [3.05, 3.63) is 169 Å². The van der Waals surface area contributed by atoms with Gasteiger partial charge in [0.15, 0.2) is 0 Å². The zero-order chi connectivity index (χ0) is 32.5. The summed E-state index contributed by atoms with van der Waals surface area (Å²) in [5, 5.41) is 13.4. The molecular formula is C49H36. The van der Waals surface area contributed by atoms with Crippen LogP contribution in [-0.2, 0) is 0 Å². The topological polar surface area (TPSA) is 0 Å². The first kappa shape index (κ1) is 28.3. The fourth-order valence-electron chi connectivity index (χ4n) is 8.73. The summed E-state index contributed by atoms with van der Waals surface area (Å²) in [7, 11) is 0. The van der Waals surface area contributed by atoms with Crippen molar-refractivity contribution >= 4 is 53.9 Å². The van der Waals surface area contributed by atoms with Crippen LogP contribution in [0.3, 0.4) is 0 Å². The average molecular weight is 625 g/mol. The number of rotatable bonds is 4. The molecule has 1 fully saturated rings. The second-order valence-electron chi connectivity index (χ2n) is 13.9. The van der Waals surface area contributed by atoms with Crippen LogP contribution < -0.4 is 0 Å². The highest BCUT2D eigenvalue weighted by Crippen LogP contribution is 2.49. The Morgan fingerprint density at radius 3 is 1.41 bits per heavy atom. The van der Waals surface area contributed by atoms with E-state index in [0.717, 1.165) is 0 Å². The summed E-state index contributed by atoms with van der Waals surface area (Å²) in [6.45, 7) is 2.33. The Morgan fingerprint density at radius 1 is 0.367 bits per heavy atom. The van der Waals surface area contributed by atoms with Gasteiger partial charge in [-0.15, -0.1) is 0 Å². The summed E-state index contributed by atoms with van der Waals surface area (Å²) in [5.74, 6) is 0.615. The van der Waals surface area contributed by atoms with Crippen LogP contribution in [0.4, 0.5) is 0 Å². The van der Waals surface area contributed by atoms with Crippen molar-refractivity contribution in [2.24, 2.45) is 0 Å². The molecule has 0 heterocycles. The molecule has 9 aromatic rings. The predicted molar refractivity (Wildman–Crippen MR) is 212 cm³/mol. The Kier molecular flexibility index (Phi) is 6.46. The number of hydrogen-bond donors (Lipinski definition) is 0. The molecule has 1 saturated carbocycles. The van der Waals surface area contributed by atoms with E-state index >= 15 is 0 Å². The highest BCUT2D eigenvalue weighted by Gasteiger charge is 2.27. The average Bonchev–Trinajstić information content (AvgIpc) is 3.15. The van der Waals surface area contributed by atoms with Gasteiger partial charge in [0.2, 0.25) is 0 Å². The minimum Gasteiger partial charge on any atom is -0.0616 e. The molecule has 0 amide bonds. The molecule has 0 spiro atoms. The van der Waals surface area contributed by atoms with Crippen LogP contribution in [0.15, 0.2) is 158 Å². The lowest BCUT2D eigenvalue weighted by Crippen LogP contribution is -2.11. The molecule has 9 aromatic carbocycles. The Bertz CT molecular complexity index is 2710. The van der Waals surface area contributed by atoms with Crippen LogP contribution in [0.5, 0.6) is 0 Å². The first-order valence-corrected chi connectivity index (χ1v) is 17.7. The van der Waals surface area contributed by atoms with Crippen molar-refractivity contribution in [2.75, 3.05) is 0 Å². The van der Waals surface area contributed by atoms with Gasteiger partial charge in [-0.2, -0.15) is 0 Å². The van der Waals surface area contributed by atoms with Crippen molar-refractivity contribution in [3.63, 3.8) is 0 Å². The molecule has 49 heavy (non-hydrogen) atoms. The molecule has 232 valence electrons. The van der Waals surface area contributed by atoms with Crippen molar-refractivity contribution in [1.82, 2.24) is 0 Å². The first-order valence-electron chi connectivity index (χ1n) is 17.7. The van der Waals surface area contributed by atoms with Gasteiger partial charge in [-0.1, -0.05) is 158 Å². The quantitative estimate of drug-likeness (QED) is 0.171. The molecule has 0 atom stereocenters. The predicted octanol–water partition coefficient (Wildman–Crippen LogP) is 14.0. The minimum atomic E-state index is 0.615. The Labute approximate surface area is 287 Å². The smallest absolute Gasteiger partial charge is 0.00612 e. The van der Waals surface area contributed by atoms with Crippen LogP contribution in [0.25, 0.3) is 87.2 Å². The van der Waals surface area contributed by atoms with Gasteiger partial charge in [0.1, 0.15) is 0 Å². The Hall–Kier alpha value is -5.72. The van der Waals surface area contributed by atoms with E-state index in [1.807, 2.05) is 0 Å². The van der Waals surface area contributed by atoms with Crippen molar-refractivity contribution in [3.8, 4) is 33.4 Å². The lowest BCUT2D eigenvalue weighted by atomic mass is 9.73. The Morgan fingerprint density at radius 2 is 0.816 bits per heavy atom. The van der Waals surface area contributed by atoms with Gasteiger partial charge in [0, 0.05) is 0 Å². The number of hydrogen-bond acceptors (Lipinski definition) is 0. The van der Waals surface area contributed by atoms with Crippen LogP contribution in [0, 0.1) is 6.92 Å². The molecule has 1 aliphatic carbocycles. The second-order valence-corrected chi connectivity index (χ2v) is 13.9. The molecule has 0 aliphatic heterocycles. The van der Waals surface area contributed by atoms with Gasteiger partial charge < -0.3 is 0 Å². The molecule has 0 heteroatoms. The van der Waals surface area contributed by atoms with Crippen LogP contribution in [0.2, 0.25) is 0 Å². The van der Waals surface area contributed by atoms with E-state index in [2.05, 4.69) is 165 Å². The highest BCUT2D eigenvalue weighted by molar-refractivity contribution is 6.25. The maximum Gasteiger partial charge on any atom is -0.00612 e. The summed E-state index contributed by atoms with van der Waals surface area (Å²) in [4.78, 5) is 0. The SMILES string of the molecule is Cc1c(-c2ccc(-c3ccc4c5ccccc5c5ccccc5c4c3)cc2)cccc1-c1c(C2CCC2)c2ccccc2c2ccccc12. The summed E-state index contributed by atoms with van der Waals surface area (Å²) >= 11 is 0. The van der Waals surface area contributed by atoms with Gasteiger partial charge >= 0.3 is 0 Å². The fraction of sp³-hybridized carbons (Fsp3) is 0.102. The maximum absolute atomic E-state index is 2.39. The summed E-state index contributed by atoms with van der Waals surface area (Å²) < 4.78 is 0. The van der Waals surface area contributed by atoms with Gasteiger partial charge in [-0.3, -0.25) is 0 Å². The molecule has 0 unspecified atom stereocenters. The van der Waals surface area contributed by atoms with Crippen molar-refractivity contribution in [1.29, 1.82) is 0 Å². The molecule has 0 N–H and O–H groups in total. The molecule has 10 rings (SSSR count). The Balaban J connectivity index is 1.10. The standard InChI is InChI=1S/C49H36/c1-31-36(22-11-23-37(31)49-46-21-9-7-18-42(46)41-17-6-8-20-45(41)48(49)34-12-10-13-34)33-26-24-32(25-27-33)35-28-29-44-40-16-3-2-14-38(40)39-15-4-5-19-43(39)47(44)30-35/h2-9,11,14-30,34H,10,12-13H2,1H3. The van der Waals surface area contributed by atoms with Crippen molar-refractivity contribution < 1.29 is 0 Å². The van der Waals surface area contributed by atoms with E-state index in [1.165, 1.54) is 112 Å². The normalized spacial score (nSPS) is 13.5. The lowest BCUT2D eigenvalue weighted by molar-refractivity contribution is 0.423. The van der Waals surface area contributed by atoms with Crippen LogP contribution in [0.1, 0.15) is 36.3 Å². The van der Waals surface area contributed by atoms with E-state index in [9.17, 15) is 0 Å². The van der Waals surface area contributed by atoms with Gasteiger partial charge in [-0.05, 0) is 130 Å². The second kappa shape index (κ2) is 11.2. The molecule has 0 aromatic heterocycles. The summed E-state index contributed by atoms with van der Waals surface area (Å²) in [6, 6.07) is 58.9. The largest absolute Gasteiger partial charge is 0.0616 e. The molecule has 0 bridgehead atoms. The van der Waals surface area contributed by atoms with Crippen LogP contribution in [-0.4, -0.2) is 0 Å². The van der Waals surface area contributed by atoms with E-state index in [-0.39, 0.29) is 0 Å².